The average molecular weight is 364 g/mol. The van der Waals surface area contributed by atoms with E-state index in [1.165, 1.54) is 16.5 Å². The van der Waals surface area contributed by atoms with E-state index in [1.54, 1.807) is 0 Å². The van der Waals surface area contributed by atoms with Crippen LogP contribution in [0.3, 0.4) is 0 Å². The first-order chi connectivity index (χ1) is 11.8. The molecule has 3 N–H and O–H groups in total. The highest BCUT2D eigenvalue weighted by molar-refractivity contribution is 7.79. The molecular formula is C17H20N2O5S. The number of nitrogens with zero attached hydrogens (tertiary/aromatic N) is 1. The Hall–Kier alpha value is -2.00. The van der Waals surface area contributed by atoms with Crippen LogP contribution in [0.2, 0.25) is 0 Å². The molecule has 2 bridgehead atoms. The smallest absolute Gasteiger partial charge is 0.352 e. The Bertz CT molecular complexity index is 937. The van der Waals surface area contributed by atoms with Gasteiger partial charge in [-0.2, -0.15) is 8.42 Å². The Labute approximate surface area is 145 Å². The highest BCUT2D eigenvalue weighted by atomic mass is 32.3. The van der Waals surface area contributed by atoms with Crippen LogP contribution in [-0.4, -0.2) is 46.3 Å². The fraction of sp³-hybridized carbons (Fsp3) is 0.353. The van der Waals surface area contributed by atoms with Gasteiger partial charge in [-0.15, -0.1) is 0 Å². The number of hydrogen-bond donors (Lipinski definition) is 3. The molecule has 0 saturated carbocycles. The van der Waals surface area contributed by atoms with Gasteiger partial charge in [0, 0.05) is 35.5 Å². The van der Waals surface area contributed by atoms with Gasteiger partial charge in [0.2, 0.25) is 0 Å². The molecule has 134 valence electrons. The molecule has 0 spiro atoms. The zero-order valence-electron chi connectivity index (χ0n) is 13.8. The van der Waals surface area contributed by atoms with E-state index < -0.39 is 10.4 Å². The van der Waals surface area contributed by atoms with E-state index in [0.29, 0.717) is 0 Å². The van der Waals surface area contributed by atoms with Crippen molar-refractivity contribution in [2.45, 2.75) is 19.9 Å². The Morgan fingerprint density at radius 3 is 2.60 bits per heavy atom. The first kappa shape index (κ1) is 17.8. The average Bonchev–Trinajstić information content (AvgIpc) is 2.89. The monoisotopic (exact) mass is 364 g/mol. The molecule has 25 heavy (non-hydrogen) atoms. The highest BCUT2D eigenvalue weighted by Gasteiger charge is 2.35. The fourth-order valence-corrected chi connectivity index (χ4v) is 3.64. The van der Waals surface area contributed by atoms with Crippen LogP contribution in [0.25, 0.3) is 10.9 Å². The van der Waals surface area contributed by atoms with Crippen molar-refractivity contribution in [1.82, 2.24) is 9.88 Å². The molecule has 2 atom stereocenters. The topological polar surface area (TPSA) is 111 Å². The van der Waals surface area contributed by atoms with Crippen molar-refractivity contribution in [3.8, 4) is 0 Å². The van der Waals surface area contributed by atoms with E-state index in [2.05, 4.69) is 28.1 Å². The molecule has 7 nitrogen and oxygen atoms in total. The Morgan fingerprint density at radius 2 is 1.92 bits per heavy atom. The number of carbonyl (C=O) groups excluding carboxylic acids is 1. The van der Waals surface area contributed by atoms with Gasteiger partial charge in [-0.1, -0.05) is 24.3 Å². The van der Waals surface area contributed by atoms with E-state index in [9.17, 15) is 4.79 Å². The maximum absolute atomic E-state index is 12.9. The van der Waals surface area contributed by atoms with Crippen molar-refractivity contribution < 1.29 is 22.3 Å². The van der Waals surface area contributed by atoms with Crippen molar-refractivity contribution in [3.05, 3.63) is 47.2 Å². The molecule has 0 amide bonds. The van der Waals surface area contributed by atoms with Gasteiger partial charge in [0.15, 0.2) is 5.78 Å². The molecular weight excluding hydrogens is 344 g/mol. The number of carbonyl (C=O) groups is 1. The Balaban J connectivity index is 0.000000324. The summed E-state index contributed by atoms with van der Waals surface area (Å²) >= 11 is 0. The number of aromatic amines is 1. The summed E-state index contributed by atoms with van der Waals surface area (Å²) in [5.41, 5.74) is 4.38. The third-order valence-electron chi connectivity index (χ3n) is 4.72. The van der Waals surface area contributed by atoms with Gasteiger partial charge in [0.05, 0.1) is 5.69 Å². The second-order valence-electron chi connectivity index (χ2n) is 6.25. The number of nitrogens with one attached hydrogen (secondary N) is 1. The van der Waals surface area contributed by atoms with E-state index in [0.717, 1.165) is 37.3 Å². The number of allylic oxidation sites excluding steroid dienone is 1. The number of H-pyrrole nitrogens is 1. The number of ketones is 1. The maximum Gasteiger partial charge on any atom is 0.394 e. The quantitative estimate of drug-likeness (QED) is 0.489. The zero-order chi connectivity index (χ0) is 18.2. The molecule has 0 aliphatic carbocycles. The SMILES string of the molecule is C/C=C1/CN2CCC1C(=O)c1[nH]c3ccccc3c1C2.O=S(=O)(O)O. The first-order valence-corrected chi connectivity index (χ1v) is 9.38. The molecule has 1 saturated heterocycles. The summed E-state index contributed by atoms with van der Waals surface area (Å²) in [5.74, 6) is 0.354. The number of piperidine rings is 1. The number of Topliss-reactive ketones (excluding diaryl/α,β-unsaturated/α-hetero) is 1. The third-order valence-corrected chi connectivity index (χ3v) is 4.72. The van der Waals surface area contributed by atoms with E-state index in [4.69, 9.17) is 17.5 Å². The number of fused-ring (bicyclic) bond motifs is 3. The van der Waals surface area contributed by atoms with Gasteiger partial charge in [-0.25, -0.2) is 0 Å². The summed E-state index contributed by atoms with van der Waals surface area (Å²) in [5, 5.41) is 1.20. The Kier molecular flexibility index (Phi) is 4.79. The standard InChI is InChI=1S/C17H18N2O.H2O4S/c1-2-11-9-19-8-7-12(11)17(20)16-14(10-19)13-5-3-4-6-15(13)18-16;1-5(2,3)4/h2-6,12,18H,7-10H2,1H3;(H2,1,2,3,4)/b11-2-;. The van der Waals surface area contributed by atoms with Crippen LogP contribution < -0.4 is 0 Å². The van der Waals surface area contributed by atoms with Crippen LogP contribution in [0.5, 0.6) is 0 Å². The lowest BCUT2D eigenvalue weighted by molar-refractivity contribution is 0.0875. The molecule has 2 unspecified atom stereocenters. The van der Waals surface area contributed by atoms with Crippen LogP contribution in [-0.2, 0) is 16.9 Å². The molecule has 1 aromatic carbocycles. The number of benzene rings is 1. The summed E-state index contributed by atoms with van der Waals surface area (Å²) in [7, 11) is -4.67. The van der Waals surface area contributed by atoms with Crippen LogP contribution in [0.4, 0.5) is 0 Å². The first-order valence-electron chi connectivity index (χ1n) is 7.99. The largest absolute Gasteiger partial charge is 0.394 e. The van der Waals surface area contributed by atoms with Crippen LogP contribution in [0, 0.1) is 5.92 Å². The predicted molar refractivity (Wildman–Crippen MR) is 93.9 cm³/mol. The van der Waals surface area contributed by atoms with E-state index in [1.807, 2.05) is 19.1 Å². The third kappa shape index (κ3) is 3.82. The molecule has 8 heteroatoms. The lowest BCUT2D eigenvalue weighted by Gasteiger charge is -2.36. The minimum Gasteiger partial charge on any atom is -0.352 e. The summed E-state index contributed by atoms with van der Waals surface area (Å²) in [6.07, 6.45) is 3.08. The molecule has 3 aliphatic rings. The summed E-state index contributed by atoms with van der Waals surface area (Å²) in [6, 6.07) is 8.24. The van der Waals surface area contributed by atoms with Gasteiger partial charge in [-0.3, -0.25) is 18.8 Å². The lowest BCUT2D eigenvalue weighted by atomic mass is 9.83. The van der Waals surface area contributed by atoms with Crippen LogP contribution >= 0.6 is 0 Å². The summed E-state index contributed by atoms with van der Waals surface area (Å²) < 4.78 is 31.6. The molecule has 2 aromatic rings. The van der Waals surface area contributed by atoms with Gasteiger partial charge in [-0.05, 0) is 31.5 Å². The zero-order valence-corrected chi connectivity index (χ0v) is 14.6. The van der Waals surface area contributed by atoms with Gasteiger partial charge < -0.3 is 4.98 Å². The molecule has 0 radical (unpaired) electrons. The van der Waals surface area contributed by atoms with Crippen LogP contribution in [0.15, 0.2) is 35.9 Å². The van der Waals surface area contributed by atoms with Crippen LogP contribution in [0.1, 0.15) is 29.4 Å². The highest BCUT2D eigenvalue weighted by Crippen LogP contribution is 2.35. The second-order valence-corrected chi connectivity index (χ2v) is 7.15. The number of rotatable bonds is 0. The minimum absolute atomic E-state index is 0.0726. The maximum atomic E-state index is 12.9. The van der Waals surface area contributed by atoms with E-state index >= 15 is 0 Å². The predicted octanol–water partition coefficient (Wildman–Crippen LogP) is 2.48. The van der Waals surface area contributed by atoms with Crippen molar-refractivity contribution in [2.24, 2.45) is 5.92 Å². The summed E-state index contributed by atoms with van der Waals surface area (Å²) in [6.45, 7) is 4.88. The lowest BCUT2D eigenvalue weighted by Crippen LogP contribution is -2.40. The second kappa shape index (κ2) is 6.72. The normalized spacial score (nSPS) is 24.4. The number of aromatic nitrogens is 1. The molecule has 3 aliphatic heterocycles. The number of hydrogen-bond acceptors (Lipinski definition) is 4. The minimum atomic E-state index is -4.67. The Morgan fingerprint density at radius 1 is 1.24 bits per heavy atom. The van der Waals surface area contributed by atoms with Crippen molar-refractivity contribution in [3.63, 3.8) is 0 Å². The van der Waals surface area contributed by atoms with E-state index in [-0.39, 0.29) is 11.7 Å². The molecule has 5 rings (SSSR count). The molecule has 1 aromatic heterocycles. The fourth-order valence-electron chi connectivity index (χ4n) is 3.64. The van der Waals surface area contributed by atoms with Gasteiger partial charge in [0.25, 0.3) is 0 Å². The molecule has 4 heterocycles. The van der Waals surface area contributed by atoms with Crippen molar-refractivity contribution in [1.29, 1.82) is 0 Å². The van der Waals surface area contributed by atoms with Crippen molar-refractivity contribution in [2.75, 3.05) is 13.1 Å². The van der Waals surface area contributed by atoms with Gasteiger partial charge >= 0.3 is 10.4 Å². The summed E-state index contributed by atoms with van der Waals surface area (Å²) in [4.78, 5) is 18.7. The number of para-hydroxylation sites is 1. The molecule has 1 fully saturated rings. The van der Waals surface area contributed by atoms with Gasteiger partial charge in [0.1, 0.15) is 0 Å². The van der Waals surface area contributed by atoms with Crippen molar-refractivity contribution >= 4 is 27.1 Å².